The van der Waals surface area contributed by atoms with E-state index in [9.17, 15) is 24.0 Å². The van der Waals surface area contributed by atoms with Gasteiger partial charge in [-0.05, 0) is 85.1 Å². The van der Waals surface area contributed by atoms with Crippen LogP contribution in [-0.2, 0) is 39.1 Å². The summed E-state index contributed by atoms with van der Waals surface area (Å²) in [6.07, 6.45) is 0. The normalized spacial score (nSPS) is 12.7. The molecule has 0 aliphatic heterocycles. The van der Waals surface area contributed by atoms with Gasteiger partial charge in [0.05, 0.1) is 22.3 Å². The summed E-state index contributed by atoms with van der Waals surface area (Å²) in [7, 11) is 0. The lowest BCUT2D eigenvalue weighted by Gasteiger charge is -2.29. The van der Waals surface area contributed by atoms with Crippen LogP contribution in [0.5, 0.6) is 0 Å². The zero-order chi connectivity index (χ0) is 41.6. The predicted octanol–water partition coefficient (Wildman–Crippen LogP) is 9.01. The smallest absolute Gasteiger partial charge is 0.292 e. The summed E-state index contributed by atoms with van der Waals surface area (Å²) in [5.41, 5.74) is -7.96. The van der Waals surface area contributed by atoms with E-state index in [4.69, 9.17) is 39.1 Å². The Morgan fingerprint density at radius 2 is 0.722 bits per heavy atom. The van der Waals surface area contributed by atoms with Crippen LogP contribution in [-0.4, -0.2) is 52.1 Å². The van der Waals surface area contributed by atoms with Crippen molar-refractivity contribution >= 4 is 29.7 Å². The van der Waals surface area contributed by atoms with E-state index in [1.807, 2.05) is 55.4 Å². The summed E-state index contributed by atoms with van der Waals surface area (Å²) in [5, 5.41) is 0. The van der Waals surface area contributed by atoms with Crippen LogP contribution >= 0.6 is 0 Å². The van der Waals surface area contributed by atoms with E-state index in [-0.39, 0.29) is 29.2 Å². The van der Waals surface area contributed by atoms with E-state index in [2.05, 4.69) is 0 Å². The molecule has 2 rings (SSSR count). The van der Waals surface area contributed by atoms with Gasteiger partial charge in [0, 0.05) is 11.1 Å². The van der Waals surface area contributed by atoms with Gasteiger partial charge < -0.3 is 0 Å². The maximum absolute atomic E-state index is 14.3. The Kier molecular flexibility index (Phi) is 15.3. The van der Waals surface area contributed by atoms with Gasteiger partial charge in [0.15, 0.2) is 5.78 Å². The lowest BCUT2D eigenvalue weighted by molar-refractivity contribution is -0.320. The quantitative estimate of drug-likeness (QED) is 0.0806. The van der Waals surface area contributed by atoms with E-state index in [0.29, 0.717) is 0 Å². The van der Waals surface area contributed by atoms with Gasteiger partial charge in [-0.1, -0.05) is 85.7 Å². The third-order valence-corrected chi connectivity index (χ3v) is 10.3. The molecule has 0 N–H and O–H groups in total. The molecule has 0 atom stereocenters. The van der Waals surface area contributed by atoms with Crippen LogP contribution in [0.4, 0.5) is 0 Å². The fourth-order valence-corrected chi connectivity index (χ4v) is 3.53. The van der Waals surface area contributed by atoms with Crippen LogP contribution in [0.15, 0.2) is 36.4 Å². The Morgan fingerprint density at radius 1 is 0.426 bits per heavy atom. The molecular weight excluding hydrogens is 700 g/mol. The van der Waals surface area contributed by atoms with Crippen LogP contribution < -0.4 is 0 Å². The summed E-state index contributed by atoms with van der Waals surface area (Å²) in [5.74, 6) is -7.09. The lowest BCUT2D eigenvalue weighted by atomic mass is 9.87. The monoisotopic (exact) mass is 758 g/mol. The second kappa shape index (κ2) is 18.0. The van der Waals surface area contributed by atoms with Crippen molar-refractivity contribution in [2.24, 2.45) is 23.7 Å². The molecule has 13 heteroatoms. The number of rotatable bonds is 18. The zero-order valence-electron chi connectivity index (χ0n) is 34.6. The number of hydrogen-bond donors (Lipinski definition) is 0. The number of carbonyl (C=O) groups is 5. The van der Waals surface area contributed by atoms with Gasteiger partial charge in [0.2, 0.25) is 0 Å². The molecule has 54 heavy (non-hydrogen) atoms. The fourth-order valence-electron chi connectivity index (χ4n) is 3.53. The first-order valence-electron chi connectivity index (χ1n) is 18.1. The first-order chi connectivity index (χ1) is 24.7. The van der Waals surface area contributed by atoms with Crippen molar-refractivity contribution in [1.29, 1.82) is 0 Å². The molecule has 300 valence electrons. The summed E-state index contributed by atoms with van der Waals surface area (Å²) in [4.78, 5) is 114. The minimum Gasteiger partial charge on any atom is -0.292 e. The Labute approximate surface area is 319 Å². The standard InChI is InChI=1S/C41H58O13/c1-23(2)38(9,10)51-47-34(43)29-22-28(33(42)27-20-18-17-19-21-27)30(35(44)48-52-39(11,12)24(3)4)32(37(46)50-54-41(15,16)26(7)8)31(29)36(45)49-53-40(13,14)25(5)6/h17-26H,1-16H3. The molecule has 0 aliphatic rings. The Morgan fingerprint density at radius 3 is 1.06 bits per heavy atom. The molecular formula is C41H58O13. The van der Waals surface area contributed by atoms with E-state index < -0.39 is 79.9 Å². The first-order valence-corrected chi connectivity index (χ1v) is 18.1. The minimum absolute atomic E-state index is 0.0559. The fraction of sp³-hybridized carbons (Fsp3) is 0.585. The van der Waals surface area contributed by atoms with E-state index in [0.717, 1.165) is 6.07 Å². The number of carbonyl (C=O) groups excluding carboxylic acids is 5. The van der Waals surface area contributed by atoms with Crippen molar-refractivity contribution in [1.82, 2.24) is 0 Å². The molecule has 0 fully saturated rings. The minimum atomic E-state index is -1.45. The molecule has 0 unspecified atom stereocenters. The van der Waals surface area contributed by atoms with E-state index >= 15 is 0 Å². The van der Waals surface area contributed by atoms with Crippen molar-refractivity contribution < 1.29 is 63.1 Å². The van der Waals surface area contributed by atoms with Gasteiger partial charge in [-0.2, -0.15) is 19.6 Å². The summed E-state index contributed by atoms with van der Waals surface area (Å²) < 4.78 is 0. The van der Waals surface area contributed by atoms with Crippen molar-refractivity contribution in [3.63, 3.8) is 0 Å². The highest BCUT2D eigenvalue weighted by Gasteiger charge is 2.41. The van der Waals surface area contributed by atoms with Crippen LogP contribution in [0.25, 0.3) is 0 Å². The van der Waals surface area contributed by atoms with Gasteiger partial charge in [0.25, 0.3) is 0 Å². The van der Waals surface area contributed by atoms with Crippen molar-refractivity contribution in [3.8, 4) is 0 Å². The molecule has 0 radical (unpaired) electrons. The summed E-state index contributed by atoms with van der Waals surface area (Å²) in [6.45, 7) is 27.8. The highest BCUT2D eigenvalue weighted by Crippen LogP contribution is 2.33. The average Bonchev–Trinajstić information content (AvgIpc) is 3.09. The van der Waals surface area contributed by atoms with Gasteiger partial charge >= 0.3 is 23.9 Å². The van der Waals surface area contributed by atoms with Gasteiger partial charge in [-0.15, -0.1) is 0 Å². The van der Waals surface area contributed by atoms with Crippen molar-refractivity contribution in [2.75, 3.05) is 0 Å². The Bertz CT molecular complexity index is 1670. The van der Waals surface area contributed by atoms with Crippen LogP contribution in [0.3, 0.4) is 0 Å². The maximum atomic E-state index is 14.3. The largest absolute Gasteiger partial charge is 0.374 e. The lowest BCUT2D eigenvalue weighted by Crippen LogP contribution is -2.36. The summed E-state index contributed by atoms with van der Waals surface area (Å²) >= 11 is 0. The highest BCUT2D eigenvalue weighted by molar-refractivity contribution is 6.22. The van der Waals surface area contributed by atoms with Gasteiger partial charge in [-0.3, -0.25) is 24.3 Å². The van der Waals surface area contributed by atoms with Gasteiger partial charge in [0.1, 0.15) is 22.4 Å². The Balaban J connectivity index is 3.14. The van der Waals surface area contributed by atoms with Crippen LogP contribution in [0.2, 0.25) is 0 Å². The average molecular weight is 759 g/mol. The molecule has 0 bridgehead atoms. The molecule has 0 spiro atoms. The molecule has 0 aliphatic carbocycles. The van der Waals surface area contributed by atoms with Gasteiger partial charge in [-0.25, -0.2) is 19.2 Å². The predicted molar refractivity (Wildman–Crippen MR) is 198 cm³/mol. The number of ketones is 1. The second-order valence-corrected chi connectivity index (χ2v) is 16.6. The third kappa shape index (κ3) is 11.4. The number of hydrogen-bond acceptors (Lipinski definition) is 13. The second-order valence-electron chi connectivity index (χ2n) is 16.6. The highest BCUT2D eigenvalue weighted by atomic mass is 17.2. The molecule has 2 aromatic rings. The molecule has 0 saturated heterocycles. The SMILES string of the molecule is CC(C)C(C)(C)OOC(=O)c1cc(C(=O)c2ccccc2)c(C(=O)OOC(C)(C)C(C)C)c(C(=O)OOC(C)(C)C(C)C)c1C(=O)OOC(C)(C)C(C)C. The topological polar surface area (TPSA) is 159 Å². The summed E-state index contributed by atoms with van der Waals surface area (Å²) in [6, 6.07) is 8.66. The van der Waals surface area contributed by atoms with Crippen molar-refractivity contribution in [3.05, 3.63) is 69.8 Å². The molecule has 2 aromatic carbocycles. The number of benzene rings is 2. The molecule has 0 amide bonds. The van der Waals surface area contributed by atoms with Crippen LogP contribution in [0, 0.1) is 23.7 Å². The molecule has 0 heterocycles. The van der Waals surface area contributed by atoms with E-state index in [1.54, 1.807) is 73.6 Å². The van der Waals surface area contributed by atoms with Crippen LogP contribution in [0.1, 0.15) is 168 Å². The zero-order valence-corrected chi connectivity index (χ0v) is 34.6. The molecule has 0 saturated carbocycles. The van der Waals surface area contributed by atoms with Crippen molar-refractivity contribution in [2.45, 2.75) is 133 Å². The first kappa shape index (κ1) is 46.0. The Hall–Kier alpha value is -4.17. The molecule has 0 aromatic heterocycles. The third-order valence-electron chi connectivity index (χ3n) is 10.3. The maximum Gasteiger partial charge on any atom is 0.374 e. The molecule has 13 nitrogen and oxygen atoms in total. The van der Waals surface area contributed by atoms with E-state index in [1.165, 1.54) is 12.1 Å².